The van der Waals surface area contributed by atoms with Crippen LogP contribution < -0.4 is 0 Å². The SMILES string of the molecule is Cc1ccc(S(=O)(=O)O)c(C)c1.c1ccc2nccnc2c1. The molecule has 0 aliphatic rings. The summed E-state index contributed by atoms with van der Waals surface area (Å²) in [5, 5.41) is 0. The average molecular weight is 316 g/mol. The molecule has 0 unspecified atom stereocenters. The highest BCUT2D eigenvalue weighted by Crippen LogP contribution is 2.15. The van der Waals surface area contributed by atoms with Gasteiger partial charge in [-0.3, -0.25) is 14.5 Å². The highest BCUT2D eigenvalue weighted by molar-refractivity contribution is 7.85. The van der Waals surface area contributed by atoms with Crippen LogP contribution in [0.3, 0.4) is 0 Å². The Bertz CT molecular complexity index is 827. The molecule has 3 aromatic rings. The maximum atomic E-state index is 10.7. The molecule has 0 atom stereocenters. The molecule has 2 aromatic carbocycles. The van der Waals surface area contributed by atoms with Gasteiger partial charge in [0.1, 0.15) is 0 Å². The zero-order chi connectivity index (χ0) is 16.2. The third-order valence-corrected chi connectivity index (χ3v) is 4.00. The van der Waals surface area contributed by atoms with Crippen molar-refractivity contribution < 1.29 is 13.0 Å². The van der Waals surface area contributed by atoms with Crippen LogP contribution in [0.25, 0.3) is 11.0 Å². The van der Waals surface area contributed by atoms with E-state index in [0.717, 1.165) is 16.6 Å². The van der Waals surface area contributed by atoms with Gasteiger partial charge in [0.25, 0.3) is 10.1 Å². The molecule has 0 aliphatic carbocycles. The van der Waals surface area contributed by atoms with Gasteiger partial charge in [-0.05, 0) is 37.6 Å². The van der Waals surface area contributed by atoms with E-state index >= 15 is 0 Å². The lowest BCUT2D eigenvalue weighted by atomic mass is 10.2. The normalized spacial score (nSPS) is 10.9. The van der Waals surface area contributed by atoms with Crippen molar-refractivity contribution in [3.8, 4) is 0 Å². The fourth-order valence-electron chi connectivity index (χ4n) is 2.00. The molecule has 0 amide bonds. The summed E-state index contributed by atoms with van der Waals surface area (Å²) >= 11 is 0. The van der Waals surface area contributed by atoms with Crippen LogP contribution >= 0.6 is 0 Å². The van der Waals surface area contributed by atoms with Crippen LogP contribution in [0, 0.1) is 13.8 Å². The van der Waals surface area contributed by atoms with Crippen LogP contribution in [-0.4, -0.2) is 22.9 Å². The molecule has 1 N–H and O–H groups in total. The van der Waals surface area contributed by atoms with E-state index in [9.17, 15) is 8.42 Å². The third-order valence-electron chi connectivity index (χ3n) is 2.98. The molecular formula is C16H16N2O3S. The first-order valence-electron chi connectivity index (χ1n) is 6.58. The molecule has 0 fully saturated rings. The van der Waals surface area contributed by atoms with Crippen molar-refractivity contribution in [2.75, 3.05) is 0 Å². The first kappa shape index (κ1) is 16.1. The van der Waals surface area contributed by atoms with Crippen molar-refractivity contribution in [2.45, 2.75) is 18.7 Å². The molecule has 1 heterocycles. The van der Waals surface area contributed by atoms with E-state index in [1.54, 1.807) is 31.5 Å². The summed E-state index contributed by atoms with van der Waals surface area (Å²) in [5.74, 6) is 0. The van der Waals surface area contributed by atoms with Gasteiger partial charge in [0.05, 0.1) is 15.9 Å². The van der Waals surface area contributed by atoms with Crippen LogP contribution in [0.5, 0.6) is 0 Å². The largest absolute Gasteiger partial charge is 0.294 e. The van der Waals surface area contributed by atoms with E-state index in [0.29, 0.717) is 5.56 Å². The van der Waals surface area contributed by atoms with Gasteiger partial charge in [0.2, 0.25) is 0 Å². The van der Waals surface area contributed by atoms with Gasteiger partial charge in [-0.2, -0.15) is 8.42 Å². The highest BCUT2D eigenvalue weighted by atomic mass is 32.2. The molecule has 3 rings (SSSR count). The van der Waals surface area contributed by atoms with Gasteiger partial charge in [-0.1, -0.05) is 29.8 Å². The number of hydrogen-bond acceptors (Lipinski definition) is 4. The quantitative estimate of drug-likeness (QED) is 0.697. The van der Waals surface area contributed by atoms with Crippen LogP contribution in [0.2, 0.25) is 0 Å². The lowest BCUT2D eigenvalue weighted by Crippen LogP contribution is -2.00. The van der Waals surface area contributed by atoms with E-state index < -0.39 is 10.1 Å². The minimum Gasteiger partial charge on any atom is -0.282 e. The van der Waals surface area contributed by atoms with Crippen molar-refractivity contribution in [2.24, 2.45) is 0 Å². The topological polar surface area (TPSA) is 80.2 Å². The van der Waals surface area contributed by atoms with Gasteiger partial charge in [-0.25, -0.2) is 0 Å². The van der Waals surface area contributed by atoms with E-state index in [2.05, 4.69) is 9.97 Å². The standard InChI is InChI=1S/C8H6N2.C8H10O3S/c1-2-4-8-7(3-1)9-5-6-10-8;1-6-3-4-8(7(2)5-6)12(9,10)11/h1-6H;3-5H,1-2H3,(H,9,10,11). The molecule has 0 radical (unpaired) electrons. The fourth-order valence-corrected chi connectivity index (χ4v) is 2.70. The summed E-state index contributed by atoms with van der Waals surface area (Å²) in [5.41, 5.74) is 3.44. The summed E-state index contributed by atoms with van der Waals surface area (Å²) in [6.45, 7) is 3.51. The molecule has 0 spiro atoms. The molecule has 0 saturated carbocycles. The van der Waals surface area contributed by atoms with Crippen LogP contribution in [0.4, 0.5) is 0 Å². The summed E-state index contributed by atoms with van der Waals surface area (Å²) in [6.07, 6.45) is 3.39. The molecule has 0 bridgehead atoms. The minimum atomic E-state index is -4.05. The van der Waals surface area contributed by atoms with E-state index in [-0.39, 0.29) is 4.90 Å². The number of nitrogens with zero attached hydrogens (tertiary/aromatic N) is 2. The first-order chi connectivity index (χ1) is 10.4. The average Bonchev–Trinajstić information content (AvgIpc) is 2.46. The summed E-state index contributed by atoms with van der Waals surface area (Å²) in [4.78, 5) is 8.22. The Morgan fingerprint density at radius 2 is 1.45 bits per heavy atom. The number of hydrogen-bond donors (Lipinski definition) is 1. The number of fused-ring (bicyclic) bond motifs is 1. The van der Waals surface area contributed by atoms with Crippen LogP contribution in [0.1, 0.15) is 11.1 Å². The predicted octanol–water partition coefficient (Wildman–Crippen LogP) is 3.18. The van der Waals surface area contributed by atoms with Crippen molar-refractivity contribution in [3.63, 3.8) is 0 Å². The van der Waals surface area contributed by atoms with E-state index in [1.807, 2.05) is 31.2 Å². The Hall–Kier alpha value is -2.31. The summed E-state index contributed by atoms with van der Waals surface area (Å²) in [7, 11) is -4.05. The molecule has 1 aromatic heterocycles. The summed E-state index contributed by atoms with van der Waals surface area (Å²) < 4.78 is 30.2. The van der Waals surface area contributed by atoms with Crippen molar-refractivity contribution in [1.82, 2.24) is 9.97 Å². The van der Waals surface area contributed by atoms with Gasteiger partial charge >= 0.3 is 0 Å². The minimum absolute atomic E-state index is 0.0203. The molecule has 6 heteroatoms. The zero-order valence-corrected chi connectivity index (χ0v) is 13.1. The molecule has 5 nitrogen and oxygen atoms in total. The van der Waals surface area contributed by atoms with Crippen LogP contribution in [0.15, 0.2) is 59.8 Å². The second-order valence-corrected chi connectivity index (χ2v) is 6.18. The summed E-state index contributed by atoms with van der Waals surface area (Å²) in [6, 6.07) is 12.6. The maximum Gasteiger partial charge on any atom is 0.294 e. The van der Waals surface area contributed by atoms with Crippen molar-refractivity contribution >= 4 is 21.2 Å². The molecule has 0 saturated heterocycles. The van der Waals surface area contributed by atoms with Gasteiger partial charge < -0.3 is 0 Å². The number of para-hydroxylation sites is 2. The van der Waals surface area contributed by atoms with E-state index in [1.165, 1.54) is 6.07 Å². The Labute approximate surface area is 129 Å². The molecule has 0 aliphatic heterocycles. The zero-order valence-electron chi connectivity index (χ0n) is 12.3. The second-order valence-electron chi connectivity index (χ2n) is 4.79. The fraction of sp³-hybridized carbons (Fsp3) is 0.125. The van der Waals surface area contributed by atoms with Gasteiger partial charge in [0.15, 0.2) is 0 Å². The predicted molar refractivity (Wildman–Crippen MR) is 85.3 cm³/mol. The number of rotatable bonds is 1. The van der Waals surface area contributed by atoms with Gasteiger partial charge in [-0.15, -0.1) is 0 Å². The van der Waals surface area contributed by atoms with Crippen LogP contribution in [-0.2, 0) is 10.1 Å². The number of aryl methyl sites for hydroxylation is 2. The molecular weight excluding hydrogens is 300 g/mol. The maximum absolute atomic E-state index is 10.7. The van der Waals surface area contributed by atoms with Gasteiger partial charge in [0, 0.05) is 12.4 Å². The Kier molecular flexibility index (Phi) is 4.85. The van der Waals surface area contributed by atoms with E-state index in [4.69, 9.17) is 4.55 Å². The van der Waals surface area contributed by atoms with Crippen molar-refractivity contribution in [3.05, 3.63) is 66.0 Å². The Morgan fingerprint density at radius 1 is 0.909 bits per heavy atom. The monoisotopic (exact) mass is 316 g/mol. The van der Waals surface area contributed by atoms with Crippen molar-refractivity contribution in [1.29, 1.82) is 0 Å². The Morgan fingerprint density at radius 3 is 1.91 bits per heavy atom. The Balaban J connectivity index is 0.000000162. The number of benzene rings is 2. The second kappa shape index (κ2) is 6.64. The first-order valence-corrected chi connectivity index (χ1v) is 8.02. The molecule has 22 heavy (non-hydrogen) atoms. The lowest BCUT2D eigenvalue weighted by molar-refractivity contribution is 0.482. The molecule has 114 valence electrons. The highest BCUT2D eigenvalue weighted by Gasteiger charge is 2.11. The number of aromatic nitrogens is 2. The smallest absolute Gasteiger partial charge is 0.282 e. The third kappa shape index (κ3) is 4.09. The lowest BCUT2D eigenvalue weighted by Gasteiger charge is -2.02.